The topological polar surface area (TPSA) is 79.2 Å². The van der Waals surface area contributed by atoms with Gasteiger partial charge in [-0.15, -0.1) is 11.3 Å². The molecule has 1 aliphatic carbocycles. The molecule has 0 atom stereocenters. The average Bonchev–Trinajstić information content (AvgIpc) is 3.14. The minimum atomic E-state index is -0.414. The van der Waals surface area contributed by atoms with Gasteiger partial charge in [0.2, 0.25) is 0 Å². The number of ether oxygens (including phenoxy) is 1. The summed E-state index contributed by atoms with van der Waals surface area (Å²) >= 11 is 1.27. The first-order valence-electron chi connectivity index (χ1n) is 7.12. The Balaban J connectivity index is 1.66. The Hall–Kier alpha value is -1.87. The van der Waals surface area contributed by atoms with Gasteiger partial charge < -0.3 is 10.1 Å². The zero-order valence-corrected chi connectivity index (χ0v) is 12.6. The van der Waals surface area contributed by atoms with E-state index in [0.717, 1.165) is 6.42 Å². The lowest BCUT2D eigenvalue weighted by Crippen LogP contribution is -2.20. The van der Waals surface area contributed by atoms with E-state index >= 15 is 0 Å². The maximum absolute atomic E-state index is 11.7. The zero-order chi connectivity index (χ0) is 15.1. The molecular formula is C15H18N2O3S. The Bertz CT molecular complexity index is 541. The van der Waals surface area contributed by atoms with Crippen molar-refractivity contribution in [2.45, 2.75) is 38.5 Å². The summed E-state index contributed by atoms with van der Waals surface area (Å²) in [6.45, 7) is -0.299. The largest absolute Gasteiger partial charge is 0.456 e. The first-order chi connectivity index (χ1) is 10.2. The molecule has 1 aromatic heterocycles. The van der Waals surface area contributed by atoms with Crippen molar-refractivity contribution in [3.8, 4) is 6.07 Å². The van der Waals surface area contributed by atoms with Crippen LogP contribution in [-0.2, 0) is 14.3 Å². The van der Waals surface area contributed by atoms with Crippen molar-refractivity contribution in [1.29, 1.82) is 5.26 Å². The van der Waals surface area contributed by atoms with Crippen molar-refractivity contribution >= 4 is 28.2 Å². The van der Waals surface area contributed by atoms with Crippen LogP contribution in [0.4, 0.5) is 5.00 Å². The third-order valence-electron chi connectivity index (χ3n) is 3.63. The van der Waals surface area contributed by atoms with Crippen LogP contribution in [0.2, 0.25) is 0 Å². The number of nitrogens with one attached hydrogen (secondary N) is 1. The van der Waals surface area contributed by atoms with Crippen molar-refractivity contribution in [1.82, 2.24) is 0 Å². The molecule has 5 nitrogen and oxygen atoms in total. The lowest BCUT2D eigenvalue weighted by atomic mass is 10.0. The van der Waals surface area contributed by atoms with E-state index in [9.17, 15) is 9.59 Å². The fourth-order valence-electron chi connectivity index (χ4n) is 2.50. The van der Waals surface area contributed by atoms with E-state index in [1.54, 1.807) is 11.4 Å². The van der Waals surface area contributed by atoms with Gasteiger partial charge in [0.25, 0.3) is 5.91 Å². The predicted molar refractivity (Wildman–Crippen MR) is 79.8 cm³/mol. The second-order valence-electron chi connectivity index (χ2n) is 5.17. The van der Waals surface area contributed by atoms with E-state index in [-0.39, 0.29) is 12.6 Å². The Morgan fingerprint density at radius 1 is 1.43 bits per heavy atom. The van der Waals surface area contributed by atoms with Crippen LogP contribution in [-0.4, -0.2) is 18.5 Å². The number of esters is 1. The standard InChI is InChI=1S/C15H18N2O3S/c16-9-12-7-8-21-15(12)17-13(18)10-20-14(19)6-5-11-3-1-2-4-11/h7-8,11H,1-6,10H2,(H,17,18). The summed E-state index contributed by atoms with van der Waals surface area (Å²) < 4.78 is 4.96. The summed E-state index contributed by atoms with van der Waals surface area (Å²) in [6.07, 6.45) is 6.13. The van der Waals surface area contributed by atoms with Gasteiger partial charge in [-0.3, -0.25) is 9.59 Å². The fourth-order valence-corrected chi connectivity index (χ4v) is 3.25. The van der Waals surface area contributed by atoms with Crippen LogP contribution in [0.5, 0.6) is 0 Å². The van der Waals surface area contributed by atoms with E-state index in [1.807, 2.05) is 6.07 Å². The van der Waals surface area contributed by atoms with E-state index in [4.69, 9.17) is 10.00 Å². The number of rotatable bonds is 6. The van der Waals surface area contributed by atoms with Crippen molar-refractivity contribution in [3.63, 3.8) is 0 Å². The second kappa shape index (κ2) is 7.79. The van der Waals surface area contributed by atoms with Gasteiger partial charge in [0.05, 0.1) is 5.56 Å². The molecule has 1 aliphatic rings. The SMILES string of the molecule is N#Cc1ccsc1NC(=O)COC(=O)CCC1CCCC1. The quantitative estimate of drug-likeness (QED) is 0.819. The van der Waals surface area contributed by atoms with Crippen molar-refractivity contribution in [3.05, 3.63) is 17.0 Å². The maximum Gasteiger partial charge on any atom is 0.306 e. The summed E-state index contributed by atoms with van der Waals surface area (Å²) in [5, 5.41) is 13.6. The van der Waals surface area contributed by atoms with Gasteiger partial charge >= 0.3 is 5.97 Å². The van der Waals surface area contributed by atoms with Crippen LogP contribution in [0, 0.1) is 17.2 Å². The van der Waals surface area contributed by atoms with Gasteiger partial charge in [-0.05, 0) is 23.8 Å². The van der Waals surface area contributed by atoms with E-state index in [0.29, 0.717) is 22.9 Å². The molecule has 2 rings (SSSR count). The minimum Gasteiger partial charge on any atom is -0.456 e. The van der Waals surface area contributed by atoms with Crippen LogP contribution >= 0.6 is 11.3 Å². The molecule has 1 saturated carbocycles. The smallest absolute Gasteiger partial charge is 0.306 e. The number of thiophene rings is 1. The molecule has 1 heterocycles. The Labute approximate surface area is 127 Å². The molecule has 1 fully saturated rings. The van der Waals surface area contributed by atoms with Crippen molar-refractivity contribution in [2.75, 3.05) is 11.9 Å². The number of carbonyl (C=O) groups is 2. The Kier molecular flexibility index (Phi) is 5.76. The zero-order valence-electron chi connectivity index (χ0n) is 11.8. The highest BCUT2D eigenvalue weighted by Gasteiger charge is 2.17. The molecule has 0 saturated heterocycles. The van der Waals surface area contributed by atoms with Gasteiger partial charge in [0.1, 0.15) is 11.1 Å². The van der Waals surface area contributed by atoms with Gasteiger partial charge in [0.15, 0.2) is 6.61 Å². The molecule has 1 aromatic rings. The highest BCUT2D eigenvalue weighted by molar-refractivity contribution is 7.14. The molecule has 6 heteroatoms. The summed E-state index contributed by atoms with van der Waals surface area (Å²) in [5.74, 6) is -0.109. The Morgan fingerprint density at radius 2 is 2.19 bits per heavy atom. The summed E-state index contributed by atoms with van der Waals surface area (Å²) in [4.78, 5) is 23.2. The summed E-state index contributed by atoms with van der Waals surface area (Å²) in [7, 11) is 0. The molecule has 0 aromatic carbocycles. The number of hydrogen-bond donors (Lipinski definition) is 1. The molecule has 0 bridgehead atoms. The summed E-state index contributed by atoms with van der Waals surface area (Å²) in [6, 6.07) is 3.62. The van der Waals surface area contributed by atoms with Crippen LogP contribution in [0.3, 0.4) is 0 Å². The van der Waals surface area contributed by atoms with Gasteiger partial charge in [-0.2, -0.15) is 5.26 Å². The van der Waals surface area contributed by atoms with Crippen molar-refractivity contribution in [2.24, 2.45) is 5.92 Å². The molecular weight excluding hydrogens is 288 g/mol. The van der Waals surface area contributed by atoms with Crippen LogP contribution in [0.25, 0.3) is 0 Å². The number of nitriles is 1. The third-order valence-corrected chi connectivity index (χ3v) is 4.46. The average molecular weight is 306 g/mol. The number of carbonyl (C=O) groups excluding carboxylic acids is 2. The van der Waals surface area contributed by atoms with Gasteiger partial charge in [0, 0.05) is 6.42 Å². The monoisotopic (exact) mass is 306 g/mol. The lowest BCUT2D eigenvalue weighted by molar-refractivity contribution is -0.147. The normalized spacial score (nSPS) is 14.6. The van der Waals surface area contributed by atoms with Gasteiger partial charge in [-0.25, -0.2) is 0 Å². The van der Waals surface area contributed by atoms with Crippen molar-refractivity contribution < 1.29 is 14.3 Å². The molecule has 0 spiro atoms. The fraction of sp³-hybridized carbons (Fsp3) is 0.533. The van der Waals surface area contributed by atoms with Crippen LogP contribution < -0.4 is 5.32 Å². The first kappa shape index (κ1) is 15.5. The minimum absolute atomic E-state index is 0.299. The van der Waals surface area contributed by atoms with Crippen LogP contribution in [0.15, 0.2) is 11.4 Å². The Morgan fingerprint density at radius 3 is 2.90 bits per heavy atom. The highest BCUT2D eigenvalue weighted by atomic mass is 32.1. The predicted octanol–water partition coefficient (Wildman–Crippen LogP) is 3.07. The molecule has 0 aliphatic heterocycles. The first-order valence-corrected chi connectivity index (χ1v) is 8.00. The number of anilines is 1. The number of amides is 1. The molecule has 112 valence electrons. The van der Waals surface area contributed by atoms with Crippen LogP contribution in [0.1, 0.15) is 44.1 Å². The van der Waals surface area contributed by atoms with Gasteiger partial charge in [-0.1, -0.05) is 25.7 Å². The lowest BCUT2D eigenvalue weighted by Gasteiger charge is -2.08. The molecule has 0 radical (unpaired) electrons. The highest BCUT2D eigenvalue weighted by Crippen LogP contribution is 2.28. The molecule has 21 heavy (non-hydrogen) atoms. The molecule has 1 N–H and O–H groups in total. The number of hydrogen-bond acceptors (Lipinski definition) is 5. The third kappa shape index (κ3) is 4.87. The second-order valence-corrected chi connectivity index (χ2v) is 6.09. The molecule has 0 unspecified atom stereocenters. The van der Waals surface area contributed by atoms with E-state index in [2.05, 4.69) is 5.32 Å². The van der Waals surface area contributed by atoms with E-state index in [1.165, 1.54) is 37.0 Å². The summed E-state index contributed by atoms with van der Waals surface area (Å²) in [5.41, 5.74) is 0.418. The van der Waals surface area contributed by atoms with E-state index < -0.39 is 5.91 Å². The molecule has 1 amide bonds. The number of nitrogens with zero attached hydrogens (tertiary/aromatic N) is 1. The maximum atomic E-state index is 11.7.